The topological polar surface area (TPSA) is 41.4 Å². The summed E-state index contributed by atoms with van der Waals surface area (Å²) in [5.74, 6) is -0.377. The lowest BCUT2D eigenvalue weighted by atomic mass is 10.1. The zero-order chi connectivity index (χ0) is 16.7. The predicted molar refractivity (Wildman–Crippen MR) is 75.4 cm³/mol. The summed E-state index contributed by atoms with van der Waals surface area (Å²) >= 11 is 0. The summed E-state index contributed by atoms with van der Waals surface area (Å²) in [5, 5.41) is 3.71. The molecule has 2 atom stereocenters. The SMILES string of the molecule is CCn1ncc(C(=O)N2C[C@@H](C)[C@@H](N(C)C)C2)c1C(F)(F)F. The van der Waals surface area contributed by atoms with E-state index in [4.69, 9.17) is 0 Å². The van der Waals surface area contributed by atoms with Gasteiger partial charge in [-0.2, -0.15) is 18.3 Å². The van der Waals surface area contributed by atoms with Gasteiger partial charge in [0.1, 0.15) is 0 Å². The first-order valence-electron chi connectivity index (χ1n) is 7.25. The second kappa shape index (κ2) is 5.91. The largest absolute Gasteiger partial charge is 0.433 e. The van der Waals surface area contributed by atoms with Crippen LogP contribution in [0.15, 0.2) is 6.20 Å². The van der Waals surface area contributed by atoms with E-state index in [-0.39, 0.29) is 24.1 Å². The van der Waals surface area contributed by atoms with E-state index in [1.807, 2.05) is 25.9 Å². The van der Waals surface area contributed by atoms with E-state index in [2.05, 4.69) is 5.10 Å². The van der Waals surface area contributed by atoms with Crippen molar-refractivity contribution < 1.29 is 18.0 Å². The number of hydrogen-bond acceptors (Lipinski definition) is 3. The number of hydrogen-bond donors (Lipinski definition) is 0. The number of halogens is 3. The minimum Gasteiger partial charge on any atom is -0.337 e. The van der Waals surface area contributed by atoms with Crippen molar-refractivity contribution in [3.8, 4) is 0 Å². The number of aryl methyl sites for hydroxylation is 1. The second-order valence-corrected chi connectivity index (χ2v) is 5.94. The third kappa shape index (κ3) is 2.97. The van der Waals surface area contributed by atoms with Crippen molar-refractivity contribution in [2.24, 2.45) is 5.92 Å². The first-order valence-corrected chi connectivity index (χ1v) is 7.25. The van der Waals surface area contributed by atoms with Gasteiger partial charge in [0.2, 0.25) is 0 Å². The predicted octanol–water partition coefficient (Wildman–Crippen LogP) is 1.94. The number of rotatable bonds is 3. The van der Waals surface area contributed by atoms with E-state index in [1.54, 1.807) is 6.92 Å². The number of alkyl halides is 3. The summed E-state index contributed by atoms with van der Waals surface area (Å²) in [7, 11) is 3.82. The highest BCUT2D eigenvalue weighted by atomic mass is 19.4. The Hall–Kier alpha value is -1.57. The van der Waals surface area contributed by atoms with Gasteiger partial charge in [-0.05, 0) is 26.9 Å². The quantitative estimate of drug-likeness (QED) is 0.855. The Balaban J connectivity index is 2.30. The van der Waals surface area contributed by atoms with E-state index in [1.165, 1.54) is 4.90 Å². The van der Waals surface area contributed by atoms with Crippen LogP contribution < -0.4 is 0 Å². The molecular formula is C14H21F3N4O. The molecule has 0 N–H and O–H groups in total. The van der Waals surface area contributed by atoms with E-state index in [0.29, 0.717) is 13.1 Å². The van der Waals surface area contributed by atoms with Crippen molar-refractivity contribution in [3.05, 3.63) is 17.5 Å². The molecule has 0 bridgehead atoms. The van der Waals surface area contributed by atoms with Crippen molar-refractivity contribution in [2.45, 2.75) is 32.6 Å². The molecule has 0 saturated carbocycles. The molecule has 1 saturated heterocycles. The van der Waals surface area contributed by atoms with E-state index < -0.39 is 17.8 Å². The smallest absolute Gasteiger partial charge is 0.337 e. The Morgan fingerprint density at radius 2 is 2.05 bits per heavy atom. The van der Waals surface area contributed by atoms with Gasteiger partial charge in [-0.25, -0.2) is 0 Å². The number of amides is 1. The number of likely N-dealkylation sites (N-methyl/N-ethyl adjacent to an activating group) is 1. The molecule has 2 heterocycles. The summed E-state index contributed by atoms with van der Waals surface area (Å²) in [4.78, 5) is 16.0. The third-order valence-electron chi connectivity index (χ3n) is 4.16. The minimum atomic E-state index is -4.59. The molecule has 1 fully saturated rings. The van der Waals surface area contributed by atoms with Gasteiger partial charge in [-0.1, -0.05) is 6.92 Å². The molecule has 2 rings (SSSR count). The van der Waals surface area contributed by atoms with Gasteiger partial charge in [0.05, 0.1) is 11.8 Å². The van der Waals surface area contributed by atoms with Crippen LogP contribution in [-0.4, -0.2) is 58.7 Å². The first kappa shape index (κ1) is 16.8. The summed E-state index contributed by atoms with van der Waals surface area (Å²) in [5.41, 5.74) is -1.32. The van der Waals surface area contributed by atoms with Crippen LogP contribution in [0.1, 0.15) is 29.9 Å². The Kier molecular flexibility index (Phi) is 4.51. The summed E-state index contributed by atoms with van der Waals surface area (Å²) < 4.78 is 40.5. The van der Waals surface area contributed by atoms with Gasteiger partial charge in [-0.15, -0.1) is 0 Å². The van der Waals surface area contributed by atoms with Gasteiger partial charge in [0.25, 0.3) is 5.91 Å². The van der Waals surface area contributed by atoms with Crippen LogP contribution in [0, 0.1) is 5.92 Å². The average Bonchev–Trinajstić information content (AvgIpc) is 3.00. The van der Waals surface area contributed by atoms with Gasteiger partial charge in [0.15, 0.2) is 5.69 Å². The van der Waals surface area contributed by atoms with Crippen LogP contribution in [0.25, 0.3) is 0 Å². The molecule has 0 spiro atoms. The lowest BCUT2D eigenvalue weighted by Crippen LogP contribution is -2.36. The molecule has 0 aromatic carbocycles. The van der Waals surface area contributed by atoms with Crippen molar-refractivity contribution in [2.75, 3.05) is 27.2 Å². The molecule has 124 valence electrons. The fraction of sp³-hybridized carbons (Fsp3) is 0.714. The van der Waals surface area contributed by atoms with E-state index >= 15 is 0 Å². The molecule has 0 radical (unpaired) electrons. The van der Waals surface area contributed by atoms with Crippen molar-refractivity contribution in [3.63, 3.8) is 0 Å². The highest BCUT2D eigenvalue weighted by Crippen LogP contribution is 2.33. The maximum atomic E-state index is 13.2. The summed E-state index contributed by atoms with van der Waals surface area (Å²) in [6.07, 6.45) is -3.56. The Morgan fingerprint density at radius 3 is 2.50 bits per heavy atom. The van der Waals surface area contributed by atoms with Crippen molar-refractivity contribution in [1.82, 2.24) is 19.6 Å². The Bertz CT molecular complexity index is 553. The fourth-order valence-electron chi connectivity index (χ4n) is 3.04. The molecule has 0 aliphatic carbocycles. The van der Waals surface area contributed by atoms with Crippen molar-refractivity contribution in [1.29, 1.82) is 0 Å². The fourth-order valence-corrected chi connectivity index (χ4v) is 3.04. The molecule has 1 aliphatic rings. The standard InChI is InChI=1S/C14H21F3N4O/c1-5-21-12(14(15,16)17)10(6-18-21)13(22)20-7-9(2)11(8-20)19(3)4/h6,9,11H,5,7-8H2,1-4H3/t9-,11+/m1/s1. The number of carbonyl (C=O) groups excluding carboxylic acids is 1. The molecule has 1 amide bonds. The monoisotopic (exact) mass is 318 g/mol. The van der Waals surface area contributed by atoms with Crippen LogP contribution in [-0.2, 0) is 12.7 Å². The zero-order valence-corrected chi connectivity index (χ0v) is 13.2. The Labute approximate surface area is 127 Å². The van der Waals surface area contributed by atoms with Gasteiger partial charge < -0.3 is 9.80 Å². The molecule has 5 nitrogen and oxygen atoms in total. The number of likely N-dealkylation sites (tertiary alicyclic amines) is 1. The molecule has 1 aromatic heterocycles. The molecule has 22 heavy (non-hydrogen) atoms. The summed E-state index contributed by atoms with van der Waals surface area (Å²) in [6, 6.07) is 0.152. The van der Waals surface area contributed by atoms with Crippen LogP contribution in [0.2, 0.25) is 0 Å². The van der Waals surface area contributed by atoms with Crippen molar-refractivity contribution >= 4 is 5.91 Å². The van der Waals surface area contributed by atoms with Gasteiger partial charge in [0, 0.05) is 25.7 Å². The molecule has 1 aliphatic heterocycles. The molecular weight excluding hydrogens is 297 g/mol. The zero-order valence-electron chi connectivity index (χ0n) is 13.2. The number of aromatic nitrogens is 2. The molecule has 0 unspecified atom stereocenters. The maximum Gasteiger partial charge on any atom is 0.433 e. The minimum absolute atomic E-state index is 0.0683. The molecule has 8 heteroatoms. The third-order valence-corrected chi connectivity index (χ3v) is 4.16. The van der Waals surface area contributed by atoms with Crippen LogP contribution in [0.5, 0.6) is 0 Å². The van der Waals surface area contributed by atoms with Crippen LogP contribution >= 0.6 is 0 Å². The van der Waals surface area contributed by atoms with Crippen LogP contribution in [0.3, 0.4) is 0 Å². The highest BCUT2D eigenvalue weighted by molar-refractivity contribution is 5.95. The second-order valence-electron chi connectivity index (χ2n) is 5.94. The number of nitrogens with zero attached hydrogens (tertiary/aromatic N) is 4. The highest BCUT2D eigenvalue weighted by Gasteiger charge is 2.42. The lowest BCUT2D eigenvalue weighted by Gasteiger charge is -2.22. The maximum absolute atomic E-state index is 13.2. The van der Waals surface area contributed by atoms with E-state index in [9.17, 15) is 18.0 Å². The number of carbonyl (C=O) groups is 1. The van der Waals surface area contributed by atoms with Gasteiger partial charge >= 0.3 is 6.18 Å². The van der Waals surface area contributed by atoms with Crippen LogP contribution in [0.4, 0.5) is 13.2 Å². The Morgan fingerprint density at radius 1 is 1.41 bits per heavy atom. The molecule has 1 aromatic rings. The summed E-state index contributed by atoms with van der Waals surface area (Å²) in [6.45, 7) is 4.52. The first-order chi connectivity index (χ1) is 10.2. The lowest BCUT2D eigenvalue weighted by molar-refractivity contribution is -0.144. The average molecular weight is 318 g/mol. The normalized spacial score (nSPS) is 22.6. The van der Waals surface area contributed by atoms with Gasteiger partial charge in [-0.3, -0.25) is 9.48 Å². The van der Waals surface area contributed by atoms with E-state index in [0.717, 1.165) is 10.9 Å².